The zero-order valence-electron chi connectivity index (χ0n) is 9.21. The van der Waals surface area contributed by atoms with Gasteiger partial charge in [0.15, 0.2) is 5.89 Å². The lowest BCUT2D eigenvalue weighted by Crippen LogP contribution is -2.32. The minimum Gasteiger partial charge on any atom is -0.436 e. The summed E-state index contributed by atoms with van der Waals surface area (Å²) in [6, 6.07) is 0. The molecule has 0 aromatic carbocycles. The third-order valence-corrected chi connectivity index (χ3v) is 2.48. The lowest BCUT2D eigenvalue weighted by Gasteiger charge is -2.18. The number of aromatic nitrogens is 1. The van der Waals surface area contributed by atoms with Crippen LogP contribution in [-0.4, -0.2) is 34.2 Å². The van der Waals surface area contributed by atoms with E-state index in [9.17, 15) is 4.79 Å². The molecule has 0 saturated carbocycles. The molecule has 1 rings (SSSR count). The van der Waals surface area contributed by atoms with E-state index in [0.717, 1.165) is 5.33 Å². The van der Waals surface area contributed by atoms with Crippen molar-refractivity contribution in [3.8, 4) is 0 Å². The lowest BCUT2D eigenvalue weighted by molar-refractivity contribution is 0.0740. The van der Waals surface area contributed by atoms with Crippen LogP contribution in [0.3, 0.4) is 0 Å². The Kier molecular flexibility index (Phi) is 4.32. The fourth-order valence-electron chi connectivity index (χ4n) is 1.38. The van der Waals surface area contributed by atoms with Gasteiger partial charge in [-0.25, -0.2) is 4.98 Å². The first kappa shape index (κ1) is 12.2. The number of hydrogen-bond acceptors (Lipinski definition) is 3. The monoisotopic (exact) mass is 274 g/mol. The van der Waals surface area contributed by atoms with Gasteiger partial charge in [0.25, 0.3) is 5.91 Å². The summed E-state index contributed by atoms with van der Waals surface area (Å²) in [7, 11) is 0. The molecular formula is C10H15BrN2O2. The molecule has 1 amide bonds. The number of aryl methyl sites for hydroxylation is 2. The second-order valence-corrected chi connectivity index (χ2v) is 4.01. The van der Waals surface area contributed by atoms with E-state index in [1.54, 1.807) is 18.7 Å². The lowest BCUT2D eigenvalue weighted by atomic mass is 10.3. The molecule has 84 valence electrons. The molecule has 0 saturated heterocycles. The van der Waals surface area contributed by atoms with Crippen LogP contribution in [0.25, 0.3) is 0 Å². The SMILES string of the molecule is CCN(CCBr)C(=O)c1oc(C)nc1C. The van der Waals surface area contributed by atoms with E-state index < -0.39 is 0 Å². The molecule has 15 heavy (non-hydrogen) atoms. The molecule has 0 bridgehead atoms. The Balaban J connectivity index is 2.87. The van der Waals surface area contributed by atoms with E-state index in [1.807, 2.05) is 6.92 Å². The first-order valence-electron chi connectivity index (χ1n) is 4.89. The first-order chi connectivity index (χ1) is 7.10. The van der Waals surface area contributed by atoms with Gasteiger partial charge in [-0.1, -0.05) is 15.9 Å². The molecule has 0 N–H and O–H groups in total. The van der Waals surface area contributed by atoms with Crippen molar-refractivity contribution in [1.29, 1.82) is 0 Å². The number of halogens is 1. The van der Waals surface area contributed by atoms with Crippen LogP contribution in [0.5, 0.6) is 0 Å². The van der Waals surface area contributed by atoms with Gasteiger partial charge in [0, 0.05) is 25.3 Å². The summed E-state index contributed by atoms with van der Waals surface area (Å²) < 4.78 is 5.29. The zero-order chi connectivity index (χ0) is 11.4. The Labute approximate surface area is 97.8 Å². The third kappa shape index (κ3) is 2.81. The molecule has 0 atom stereocenters. The zero-order valence-corrected chi connectivity index (χ0v) is 10.8. The number of oxazole rings is 1. The summed E-state index contributed by atoms with van der Waals surface area (Å²) in [4.78, 5) is 17.8. The minimum atomic E-state index is -0.0879. The Hall–Kier alpha value is -0.840. The number of amides is 1. The van der Waals surface area contributed by atoms with E-state index >= 15 is 0 Å². The van der Waals surface area contributed by atoms with Gasteiger partial charge in [-0.05, 0) is 13.8 Å². The molecule has 4 nitrogen and oxygen atoms in total. The molecule has 0 radical (unpaired) electrons. The number of alkyl halides is 1. The molecule has 1 aromatic heterocycles. The van der Waals surface area contributed by atoms with Crippen LogP contribution < -0.4 is 0 Å². The molecular weight excluding hydrogens is 260 g/mol. The van der Waals surface area contributed by atoms with E-state index in [-0.39, 0.29) is 5.91 Å². The Morgan fingerprint density at radius 1 is 1.53 bits per heavy atom. The standard InChI is InChI=1S/C10H15BrN2O2/c1-4-13(6-5-11)10(14)9-7(2)12-8(3)15-9/h4-6H2,1-3H3. The van der Waals surface area contributed by atoms with Crippen molar-refractivity contribution in [2.24, 2.45) is 0 Å². The van der Waals surface area contributed by atoms with Gasteiger partial charge in [0.2, 0.25) is 5.76 Å². The first-order valence-corrected chi connectivity index (χ1v) is 6.01. The van der Waals surface area contributed by atoms with Gasteiger partial charge < -0.3 is 9.32 Å². The fourth-order valence-corrected chi connectivity index (χ4v) is 1.81. The third-order valence-electron chi connectivity index (χ3n) is 2.12. The summed E-state index contributed by atoms with van der Waals surface area (Å²) in [5.41, 5.74) is 0.658. The van der Waals surface area contributed by atoms with Crippen molar-refractivity contribution in [2.45, 2.75) is 20.8 Å². The van der Waals surface area contributed by atoms with E-state index in [2.05, 4.69) is 20.9 Å². The topological polar surface area (TPSA) is 46.3 Å². The Morgan fingerprint density at radius 2 is 2.20 bits per heavy atom. The summed E-state index contributed by atoms with van der Waals surface area (Å²) in [6.45, 7) is 6.81. The molecule has 0 aliphatic rings. The molecule has 0 spiro atoms. The maximum absolute atomic E-state index is 12.0. The second kappa shape index (κ2) is 5.30. The second-order valence-electron chi connectivity index (χ2n) is 3.22. The Bertz CT molecular complexity index is 349. The molecule has 0 fully saturated rings. The normalized spacial score (nSPS) is 10.4. The molecule has 1 heterocycles. The highest BCUT2D eigenvalue weighted by Crippen LogP contribution is 2.12. The van der Waals surface area contributed by atoms with Gasteiger partial charge in [-0.15, -0.1) is 0 Å². The fraction of sp³-hybridized carbons (Fsp3) is 0.600. The molecule has 0 aliphatic carbocycles. The van der Waals surface area contributed by atoms with Gasteiger partial charge in [0.1, 0.15) is 0 Å². The van der Waals surface area contributed by atoms with Crippen molar-refractivity contribution >= 4 is 21.8 Å². The number of hydrogen-bond donors (Lipinski definition) is 0. The van der Waals surface area contributed by atoms with Crippen molar-refractivity contribution in [3.05, 3.63) is 17.3 Å². The van der Waals surface area contributed by atoms with Crippen LogP contribution in [0.4, 0.5) is 0 Å². The largest absolute Gasteiger partial charge is 0.436 e. The van der Waals surface area contributed by atoms with Crippen LogP contribution in [0.15, 0.2) is 4.42 Å². The summed E-state index contributed by atoms with van der Waals surface area (Å²) in [5.74, 6) is 0.802. The Morgan fingerprint density at radius 3 is 2.60 bits per heavy atom. The predicted molar refractivity (Wildman–Crippen MR) is 61.3 cm³/mol. The molecule has 1 aromatic rings. The van der Waals surface area contributed by atoms with Crippen molar-refractivity contribution < 1.29 is 9.21 Å². The van der Waals surface area contributed by atoms with Crippen molar-refractivity contribution in [1.82, 2.24) is 9.88 Å². The van der Waals surface area contributed by atoms with Crippen LogP contribution in [0.2, 0.25) is 0 Å². The van der Waals surface area contributed by atoms with Gasteiger partial charge >= 0.3 is 0 Å². The van der Waals surface area contributed by atoms with Crippen LogP contribution in [0, 0.1) is 13.8 Å². The maximum Gasteiger partial charge on any atom is 0.291 e. The maximum atomic E-state index is 12.0. The van der Waals surface area contributed by atoms with E-state index in [4.69, 9.17) is 4.42 Å². The highest BCUT2D eigenvalue weighted by molar-refractivity contribution is 9.09. The van der Waals surface area contributed by atoms with Gasteiger partial charge in [-0.2, -0.15) is 0 Å². The van der Waals surface area contributed by atoms with E-state index in [1.165, 1.54) is 0 Å². The summed E-state index contributed by atoms with van der Waals surface area (Å²) in [6.07, 6.45) is 0. The number of nitrogens with zero attached hydrogens (tertiary/aromatic N) is 2. The highest BCUT2D eigenvalue weighted by atomic mass is 79.9. The van der Waals surface area contributed by atoms with Crippen molar-refractivity contribution in [2.75, 3.05) is 18.4 Å². The van der Waals surface area contributed by atoms with Crippen LogP contribution >= 0.6 is 15.9 Å². The number of carbonyl (C=O) groups excluding carboxylic acids is 1. The minimum absolute atomic E-state index is 0.0879. The predicted octanol–water partition coefficient (Wildman–Crippen LogP) is 2.15. The number of carbonyl (C=O) groups is 1. The molecule has 0 aliphatic heterocycles. The van der Waals surface area contributed by atoms with Crippen LogP contribution in [0.1, 0.15) is 29.1 Å². The van der Waals surface area contributed by atoms with Crippen molar-refractivity contribution in [3.63, 3.8) is 0 Å². The van der Waals surface area contributed by atoms with Gasteiger partial charge in [0.05, 0.1) is 5.69 Å². The quantitative estimate of drug-likeness (QED) is 0.791. The smallest absolute Gasteiger partial charge is 0.291 e. The highest BCUT2D eigenvalue weighted by Gasteiger charge is 2.20. The van der Waals surface area contributed by atoms with E-state index in [0.29, 0.717) is 30.4 Å². The summed E-state index contributed by atoms with van der Waals surface area (Å²) >= 11 is 3.32. The van der Waals surface area contributed by atoms with Gasteiger partial charge in [-0.3, -0.25) is 4.79 Å². The number of rotatable bonds is 4. The average Bonchev–Trinajstić information content (AvgIpc) is 2.53. The van der Waals surface area contributed by atoms with Crippen LogP contribution in [-0.2, 0) is 0 Å². The average molecular weight is 275 g/mol. The molecule has 0 unspecified atom stereocenters. The summed E-state index contributed by atoms with van der Waals surface area (Å²) in [5, 5.41) is 0.763. The molecule has 5 heteroatoms.